The minimum atomic E-state index is -1.07. The Kier molecular flexibility index (Phi) is 7.28. The highest BCUT2D eigenvalue weighted by Crippen LogP contribution is 2.59. The lowest BCUT2D eigenvalue weighted by Crippen LogP contribution is -2.34. The van der Waals surface area contributed by atoms with Gasteiger partial charge in [0.25, 0.3) is 0 Å². The molecule has 1 atom stereocenters. The van der Waals surface area contributed by atoms with Crippen LogP contribution in [0.15, 0.2) is 12.3 Å². The summed E-state index contributed by atoms with van der Waals surface area (Å²) in [6, 6.07) is 1.03. The number of pyridine rings is 1. The fraction of sp³-hybridized carbons (Fsp3) is 0.581. The molecule has 10 heteroatoms. The predicted molar refractivity (Wildman–Crippen MR) is 154 cm³/mol. The van der Waals surface area contributed by atoms with E-state index >= 15 is 8.78 Å². The van der Waals surface area contributed by atoms with Crippen molar-refractivity contribution in [2.75, 3.05) is 29.9 Å². The van der Waals surface area contributed by atoms with Crippen LogP contribution in [0.4, 0.5) is 25.0 Å². The van der Waals surface area contributed by atoms with Crippen LogP contribution in [-0.2, 0) is 20.7 Å². The highest BCUT2D eigenvalue weighted by molar-refractivity contribution is 6.34. The lowest BCUT2D eigenvalue weighted by molar-refractivity contribution is -0.156. The number of aromatic nitrogens is 1. The van der Waals surface area contributed by atoms with E-state index in [0.29, 0.717) is 47.0 Å². The van der Waals surface area contributed by atoms with Crippen LogP contribution in [0.2, 0.25) is 5.02 Å². The average Bonchev–Trinajstić information content (AvgIpc) is 3.27. The molecule has 2 heterocycles. The van der Waals surface area contributed by atoms with Gasteiger partial charge < -0.3 is 14.4 Å². The van der Waals surface area contributed by atoms with Crippen LogP contribution >= 0.6 is 11.6 Å². The highest BCUT2D eigenvalue weighted by atomic mass is 35.5. The van der Waals surface area contributed by atoms with Crippen molar-refractivity contribution in [3.05, 3.63) is 40.2 Å². The number of esters is 1. The number of anilines is 2. The molecule has 2 aliphatic carbocycles. The van der Waals surface area contributed by atoms with Crippen LogP contribution in [0.5, 0.6) is 0 Å². The van der Waals surface area contributed by atoms with Crippen molar-refractivity contribution >= 4 is 35.0 Å². The second-order valence-electron chi connectivity index (χ2n) is 13.6. The van der Waals surface area contributed by atoms with Crippen LogP contribution in [0.1, 0.15) is 78.5 Å². The van der Waals surface area contributed by atoms with Crippen molar-refractivity contribution in [3.63, 3.8) is 0 Å². The van der Waals surface area contributed by atoms with E-state index in [2.05, 4.69) is 9.88 Å². The van der Waals surface area contributed by atoms with E-state index in [4.69, 9.17) is 21.1 Å². The number of carbonyl (C=O) groups is 2. The average molecular weight is 590 g/mol. The molecule has 0 N–H and O–H groups in total. The zero-order chi connectivity index (χ0) is 30.1. The van der Waals surface area contributed by atoms with Crippen molar-refractivity contribution in [2.45, 2.75) is 84.8 Å². The van der Waals surface area contributed by atoms with Crippen molar-refractivity contribution in [1.82, 2.24) is 4.98 Å². The Morgan fingerprint density at radius 2 is 1.78 bits per heavy atom. The molecule has 5 rings (SSSR count). The summed E-state index contributed by atoms with van der Waals surface area (Å²) in [6.45, 7) is 12.1. The third-order valence-corrected chi connectivity index (χ3v) is 8.47. The van der Waals surface area contributed by atoms with Gasteiger partial charge in [-0.3, -0.25) is 14.7 Å². The molecule has 1 aliphatic heterocycles. The standard InChI is InChI=1S/C31H38ClF2N3O4/c1-29(2,3)40-23(38)14-31(9-10-31)17-8-11-37(16-17)27-19(32)15-35-21-12-18-22(36(7)28(39)41-30(4,5)6)13-20(33)26(34)24(18)25(21)27/h13,15,17H,8-12,14,16H2,1-7H3. The van der Waals surface area contributed by atoms with Crippen LogP contribution in [0.3, 0.4) is 0 Å². The van der Waals surface area contributed by atoms with Gasteiger partial charge in [0, 0.05) is 49.9 Å². The van der Waals surface area contributed by atoms with Crippen LogP contribution in [0.25, 0.3) is 11.1 Å². The van der Waals surface area contributed by atoms with Gasteiger partial charge in [0.15, 0.2) is 11.6 Å². The van der Waals surface area contributed by atoms with Gasteiger partial charge in [-0.25, -0.2) is 13.6 Å². The molecule has 1 unspecified atom stereocenters. The molecule has 2 fully saturated rings. The Morgan fingerprint density at radius 1 is 1.12 bits per heavy atom. The van der Waals surface area contributed by atoms with Gasteiger partial charge in [0.05, 0.1) is 28.5 Å². The molecule has 41 heavy (non-hydrogen) atoms. The second-order valence-corrected chi connectivity index (χ2v) is 14.0. The van der Waals surface area contributed by atoms with Crippen molar-refractivity contribution < 1.29 is 27.8 Å². The lowest BCUT2D eigenvalue weighted by atomic mass is 9.85. The Bertz CT molecular complexity index is 1410. The Labute approximate surface area is 245 Å². The predicted octanol–water partition coefficient (Wildman–Crippen LogP) is 7.29. The van der Waals surface area contributed by atoms with Crippen molar-refractivity contribution in [2.24, 2.45) is 11.3 Å². The zero-order valence-electron chi connectivity index (χ0n) is 24.8. The van der Waals surface area contributed by atoms with Crippen molar-refractivity contribution in [1.29, 1.82) is 0 Å². The van der Waals surface area contributed by atoms with Gasteiger partial charge >= 0.3 is 12.1 Å². The molecule has 222 valence electrons. The van der Waals surface area contributed by atoms with E-state index in [0.717, 1.165) is 25.3 Å². The molecule has 1 saturated heterocycles. The summed E-state index contributed by atoms with van der Waals surface area (Å²) < 4.78 is 41.8. The summed E-state index contributed by atoms with van der Waals surface area (Å²) in [6.07, 6.45) is 4.22. The number of amides is 1. The van der Waals surface area contributed by atoms with E-state index in [9.17, 15) is 9.59 Å². The SMILES string of the molecule is CN(C(=O)OC(C)(C)C)c1cc(F)c(F)c2c1Cc1ncc(Cl)c(N3CCC(C4(CC(=O)OC(C)(C)C)CC4)C3)c1-2. The zero-order valence-corrected chi connectivity index (χ0v) is 25.5. The van der Waals surface area contributed by atoms with E-state index in [1.54, 1.807) is 27.0 Å². The largest absolute Gasteiger partial charge is 0.460 e. The first-order chi connectivity index (χ1) is 19.0. The molecule has 0 spiro atoms. The van der Waals surface area contributed by atoms with Gasteiger partial charge in [-0.1, -0.05) is 11.6 Å². The third kappa shape index (κ3) is 5.74. The fourth-order valence-electron chi connectivity index (χ4n) is 6.23. The van der Waals surface area contributed by atoms with Crippen LogP contribution in [0, 0.1) is 23.0 Å². The summed E-state index contributed by atoms with van der Waals surface area (Å²) >= 11 is 6.73. The molecule has 2 aromatic rings. The maximum absolute atomic E-state index is 15.6. The minimum Gasteiger partial charge on any atom is -0.460 e. The van der Waals surface area contributed by atoms with E-state index in [1.807, 2.05) is 20.8 Å². The van der Waals surface area contributed by atoms with Gasteiger partial charge in [0.2, 0.25) is 0 Å². The van der Waals surface area contributed by atoms with Gasteiger partial charge in [0.1, 0.15) is 11.2 Å². The monoisotopic (exact) mass is 589 g/mol. The smallest absolute Gasteiger partial charge is 0.414 e. The number of carbonyl (C=O) groups excluding carboxylic acids is 2. The second kappa shape index (κ2) is 10.1. The first-order valence-electron chi connectivity index (χ1n) is 14.1. The molecular formula is C31H38ClF2N3O4. The Balaban J connectivity index is 1.47. The van der Waals surface area contributed by atoms with Crippen LogP contribution < -0.4 is 9.80 Å². The number of rotatable bonds is 5. The summed E-state index contributed by atoms with van der Waals surface area (Å²) in [7, 11) is 1.48. The Morgan fingerprint density at radius 3 is 2.39 bits per heavy atom. The molecular weight excluding hydrogens is 552 g/mol. The summed E-state index contributed by atoms with van der Waals surface area (Å²) in [5.41, 5.74) is 0.996. The summed E-state index contributed by atoms with van der Waals surface area (Å²) in [4.78, 5) is 33.3. The van der Waals surface area contributed by atoms with Gasteiger partial charge in [-0.05, 0) is 77.7 Å². The highest BCUT2D eigenvalue weighted by Gasteiger charge is 2.53. The molecule has 1 saturated carbocycles. The van der Waals surface area contributed by atoms with E-state index < -0.39 is 28.9 Å². The lowest BCUT2D eigenvalue weighted by Gasteiger charge is -2.27. The number of fused-ring (bicyclic) bond motifs is 3. The third-order valence-electron chi connectivity index (χ3n) is 8.19. The van der Waals surface area contributed by atoms with Crippen molar-refractivity contribution in [3.8, 4) is 11.1 Å². The Hall–Kier alpha value is -2.94. The molecule has 3 aliphatic rings. The maximum Gasteiger partial charge on any atom is 0.414 e. The maximum atomic E-state index is 15.6. The van der Waals surface area contributed by atoms with Gasteiger partial charge in [-0.15, -0.1) is 0 Å². The first kappa shape index (κ1) is 29.5. The number of hydrogen-bond donors (Lipinski definition) is 0. The molecule has 0 radical (unpaired) electrons. The minimum absolute atomic E-state index is 0.0775. The number of halogens is 3. The molecule has 1 aromatic heterocycles. The molecule has 1 aromatic carbocycles. The molecule has 7 nitrogen and oxygen atoms in total. The van der Waals surface area contributed by atoms with Gasteiger partial charge in [-0.2, -0.15) is 0 Å². The summed E-state index contributed by atoms with van der Waals surface area (Å²) in [5, 5.41) is 0.347. The quantitative estimate of drug-likeness (QED) is 0.291. The number of ether oxygens (including phenoxy) is 2. The molecule has 1 amide bonds. The normalized spacial score (nSPS) is 19.1. The van der Waals surface area contributed by atoms with E-state index in [1.165, 1.54) is 11.9 Å². The number of nitrogens with zero attached hydrogens (tertiary/aromatic N) is 3. The number of hydrogen-bond acceptors (Lipinski definition) is 6. The van der Waals surface area contributed by atoms with Crippen LogP contribution in [-0.4, -0.2) is 48.4 Å². The molecule has 0 bridgehead atoms. The fourth-order valence-corrected chi connectivity index (χ4v) is 6.49. The topological polar surface area (TPSA) is 72.0 Å². The number of benzene rings is 1. The first-order valence-corrected chi connectivity index (χ1v) is 14.5. The van der Waals surface area contributed by atoms with E-state index in [-0.39, 0.29) is 35.0 Å². The summed E-state index contributed by atoms with van der Waals surface area (Å²) in [5.74, 6) is -2.02.